The van der Waals surface area contributed by atoms with Crippen LogP contribution in [0, 0.1) is 0 Å². The highest BCUT2D eigenvalue weighted by atomic mass is 16.6. The minimum atomic E-state index is -0.285. The predicted octanol–water partition coefficient (Wildman–Crippen LogP) is 8.35. The number of hydrogen-bond acceptors (Lipinski definition) is 7. The highest BCUT2D eigenvalue weighted by molar-refractivity contribution is 5.67. The summed E-state index contributed by atoms with van der Waals surface area (Å²) in [5.41, 5.74) is 11.3. The number of carbonyl (C=O) groups is 1. The quantitative estimate of drug-likeness (QED) is 0.0584. The van der Waals surface area contributed by atoms with E-state index in [1.807, 2.05) is 0 Å². The lowest BCUT2D eigenvalue weighted by Crippen LogP contribution is -2.38. The second kappa shape index (κ2) is 37.5. The van der Waals surface area contributed by atoms with Crippen molar-refractivity contribution >= 4 is 6.09 Å². The number of nitrogens with zero attached hydrogens (tertiary/aromatic N) is 1. The molecule has 1 unspecified atom stereocenters. The fourth-order valence-corrected chi connectivity index (χ4v) is 5.47. The lowest BCUT2D eigenvalue weighted by Gasteiger charge is -2.24. The summed E-state index contributed by atoms with van der Waals surface area (Å²) >= 11 is 0. The largest absolute Gasteiger partial charge is 0.447 e. The van der Waals surface area contributed by atoms with Crippen molar-refractivity contribution < 1.29 is 19.0 Å². The molecule has 8 nitrogen and oxygen atoms in total. The van der Waals surface area contributed by atoms with E-state index in [0.717, 1.165) is 51.8 Å². The van der Waals surface area contributed by atoms with E-state index in [1.165, 1.54) is 116 Å². The summed E-state index contributed by atoms with van der Waals surface area (Å²) in [6, 6.07) is 0. The molecule has 0 aromatic heterocycles. The molecular weight excluding hydrogens is 564 g/mol. The van der Waals surface area contributed by atoms with E-state index in [1.54, 1.807) is 4.90 Å². The molecule has 0 heterocycles. The molecule has 0 aromatic carbocycles. The van der Waals surface area contributed by atoms with Gasteiger partial charge < -0.3 is 35.9 Å². The van der Waals surface area contributed by atoms with E-state index in [2.05, 4.69) is 19.2 Å². The Morgan fingerprint density at radius 3 is 1.58 bits per heavy atom. The van der Waals surface area contributed by atoms with E-state index in [0.29, 0.717) is 39.4 Å². The molecule has 0 rings (SSSR count). The molecule has 0 aliphatic rings. The Morgan fingerprint density at radius 2 is 1.04 bits per heavy atom. The van der Waals surface area contributed by atoms with Crippen molar-refractivity contribution in [3.05, 3.63) is 0 Å². The molecule has 0 aliphatic carbocycles. The third-order valence-corrected chi connectivity index (χ3v) is 8.42. The van der Waals surface area contributed by atoms with Gasteiger partial charge in [-0.25, -0.2) is 4.79 Å². The van der Waals surface area contributed by atoms with Crippen molar-refractivity contribution in [2.75, 3.05) is 65.7 Å². The number of rotatable bonds is 37. The van der Waals surface area contributed by atoms with Gasteiger partial charge in [-0.15, -0.1) is 0 Å². The van der Waals surface area contributed by atoms with Crippen LogP contribution in [0.25, 0.3) is 0 Å². The molecule has 1 amide bonds. The fourth-order valence-electron chi connectivity index (χ4n) is 5.47. The Bertz CT molecular complexity index is 585. The monoisotopic (exact) mass is 643 g/mol. The second-order valence-corrected chi connectivity index (χ2v) is 12.9. The summed E-state index contributed by atoms with van der Waals surface area (Å²) in [5.74, 6) is 0. The Labute approximate surface area is 279 Å². The molecule has 8 heteroatoms. The smallest absolute Gasteiger partial charge is 0.409 e. The van der Waals surface area contributed by atoms with Crippen LogP contribution in [0.3, 0.4) is 0 Å². The lowest BCUT2D eigenvalue weighted by atomic mass is 10.1. The molecule has 0 radical (unpaired) electrons. The third-order valence-electron chi connectivity index (χ3n) is 8.42. The van der Waals surface area contributed by atoms with Gasteiger partial charge in [-0.05, 0) is 58.3 Å². The molecule has 0 aliphatic heterocycles. The molecule has 5 N–H and O–H groups in total. The van der Waals surface area contributed by atoms with Gasteiger partial charge in [0, 0.05) is 26.3 Å². The summed E-state index contributed by atoms with van der Waals surface area (Å²) in [5, 5.41) is 3.38. The molecule has 0 fully saturated rings. The summed E-state index contributed by atoms with van der Waals surface area (Å²) in [6.45, 7) is 10.9. The maximum absolute atomic E-state index is 13.0. The van der Waals surface area contributed by atoms with Gasteiger partial charge in [0.1, 0.15) is 12.7 Å². The number of amides is 1. The predicted molar refractivity (Wildman–Crippen MR) is 192 cm³/mol. The first-order valence-corrected chi connectivity index (χ1v) is 19.4. The van der Waals surface area contributed by atoms with Gasteiger partial charge in [0.25, 0.3) is 0 Å². The van der Waals surface area contributed by atoms with Gasteiger partial charge >= 0.3 is 6.09 Å². The fraction of sp³-hybridized carbons (Fsp3) is 0.973. The average Bonchev–Trinajstić information content (AvgIpc) is 3.05. The van der Waals surface area contributed by atoms with Gasteiger partial charge in [0.15, 0.2) is 0 Å². The highest BCUT2D eigenvalue weighted by Crippen LogP contribution is 2.12. The second-order valence-electron chi connectivity index (χ2n) is 12.9. The SMILES string of the molecule is CCCCCCCCCCCCOCC(COC(=O)N(CCCN)CCCNCCCN)OCCCCCCCCCCCC. The van der Waals surface area contributed by atoms with Crippen LogP contribution >= 0.6 is 0 Å². The molecule has 45 heavy (non-hydrogen) atoms. The number of nitrogens with one attached hydrogen (secondary N) is 1. The lowest BCUT2D eigenvalue weighted by molar-refractivity contribution is -0.0505. The first-order chi connectivity index (χ1) is 22.2. The van der Waals surface area contributed by atoms with Crippen LogP contribution in [0.5, 0.6) is 0 Å². The van der Waals surface area contributed by atoms with Gasteiger partial charge in [-0.1, -0.05) is 129 Å². The van der Waals surface area contributed by atoms with Gasteiger partial charge in [0.2, 0.25) is 0 Å². The van der Waals surface area contributed by atoms with E-state index < -0.39 is 0 Å². The van der Waals surface area contributed by atoms with Gasteiger partial charge in [-0.3, -0.25) is 0 Å². The third kappa shape index (κ3) is 32.8. The van der Waals surface area contributed by atoms with Gasteiger partial charge in [0.05, 0.1) is 6.61 Å². The van der Waals surface area contributed by atoms with Crippen LogP contribution in [-0.4, -0.2) is 82.8 Å². The van der Waals surface area contributed by atoms with Crippen molar-refractivity contribution in [2.24, 2.45) is 11.5 Å². The normalized spacial score (nSPS) is 12.1. The summed E-state index contributed by atoms with van der Waals surface area (Å²) in [7, 11) is 0. The molecule has 0 saturated heterocycles. The zero-order chi connectivity index (χ0) is 32.9. The average molecular weight is 643 g/mol. The Kier molecular flexibility index (Phi) is 36.8. The van der Waals surface area contributed by atoms with E-state index in [9.17, 15) is 4.79 Å². The molecule has 0 bridgehead atoms. The first-order valence-electron chi connectivity index (χ1n) is 19.4. The molecule has 0 aromatic rings. The molecule has 270 valence electrons. The Morgan fingerprint density at radius 1 is 0.578 bits per heavy atom. The number of carbonyl (C=O) groups excluding carboxylic acids is 1. The number of unbranched alkanes of at least 4 members (excludes halogenated alkanes) is 18. The van der Waals surface area contributed by atoms with Crippen LogP contribution in [0.4, 0.5) is 4.79 Å². The minimum absolute atomic E-state index is 0.225. The Hall–Kier alpha value is -0.930. The van der Waals surface area contributed by atoms with Crippen molar-refractivity contribution in [1.82, 2.24) is 10.2 Å². The van der Waals surface area contributed by atoms with Crippen molar-refractivity contribution in [3.8, 4) is 0 Å². The van der Waals surface area contributed by atoms with Crippen LogP contribution < -0.4 is 16.8 Å². The van der Waals surface area contributed by atoms with Crippen molar-refractivity contribution in [2.45, 2.75) is 168 Å². The zero-order valence-electron chi connectivity index (χ0n) is 30.1. The topological polar surface area (TPSA) is 112 Å². The van der Waals surface area contributed by atoms with E-state index >= 15 is 0 Å². The summed E-state index contributed by atoms with van der Waals surface area (Å²) < 4.78 is 18.0. The standard InChI is InChI=1S/C37H78N4O4/c1-3-5-7-9-11-13-15-17-19-21-32-43-34-36(44-33-22-20-18-16-14-12-10-8-6-4-2)35-45-37(42)41(30-24-27-39)31-25-29-40-28-23-26-38/h36,40H,3-35,38-39H2,1-2H3. The zero-order valence-corrected chi connectivity index (χ0v) is 30.1. The molecule has 1 atom stereocenters. The first kappa shape index (κ1) is 44.1. The van der Waals surface area contributed by atoms with E-state index in [-0.39, 0.29) is 18.8 Å². The molecule has 0 spiro atoms. The van der Waals surface area contributed by atoms with Crippen molar-refractivity contribution in [1.29, 1.82) is 0 Å². The summed E-state index contributed by atoms with van der Waals surface area (Å²) in [6.07, 6.45) is 28.2. The number of nitrogens with two attached hydrogens (primary N) is 2. The molecular formula is C37H78N4O4. The van der Waals surface area contributed by atoms with E-state index in [4.69, 9.17) is 25.7 Å². The minimum Gasteiger partial charge on any atom is -0.447 e. The summed E-state index contributed by atoms with van der Waals surface area (Å²) in [4.78, 5) is 14.8. The maximum Gasteiger partial charge on any atom is 0.409 e. The highest BCUT2D eigenvalue weighted by Gasteiger charge is 2.18. The maximum atomic E-state index is 13.0. The van der Waals surface area contributed by atoms with Crippen LogP contribution in [0.15, 0.2) is 0 Å². The number of ether oxygens (including phenoxy) is 3. The Balaban J connectivity index is 4.44. The number of hydrogen-bond donors (Lipinski definition) is 3. The van der Waals surface area contributed by atoms with Crippen LogP contribution in [0.2, 0.25) is 0 Å². The van der Waals surface area contributed by atoms with Crippen LogP contribution in [-0.2, 0) is 14.2 Å². The van der Waals surface area contributed by atoms with Gasteiger partial charge in [-0.2, -0.15) is 0 Å². The molecule has 0 saturated carbocycles. The van der Waals surface area contributed by atoms with Crippen molar-refractivity contribution in [3.63, 3.8) is 0 Å². The van der Waals surface area contributed by atoms with Crippen LogP contribution in [0.1, 0.15) is 162 Å².